The Morgan fingerprint density at radius 1 is 1.35 bits per heavy atom. The van der Waals surface area contributed by atoms with Gasteiger partial charge in [0.25, 0.3) is 5.69 Å². The maximum Gasteiger partial charge on any atom is 0.269 e. The molecule has 1 aliphatic rings. The molecule has 6 nitrogen and oxygen atoms in total. The van der Waals surface area contributed by atoms with Crippen LogP contribution in [0.15, 0.2) is 24.3 Å². The molecule has 1 atom stereocenters. The van der Waals surface area contributed by atoms with E-state index in [1.165, 1.54) is 12.1 Å². The van der Waals surface area contributed by atoms with E-state index in [0.29, 0.717) is 0 Å². The van der Waals surface area contributed by atoms with E-state index in [0.717, 1.165) is 25.1 Å². The predicted molar refractivity (Wildman–Crippen MR) is 62.8 cm³/mol. The average Bonchev–Trinajstić information content (AvgIpc) is 2.33. The second-order valence-corrected chi connectivity index (χ2v) is 3.93. The van der Waals surface area contributed by atoms with Crippen molar-refractivity contribution in [2.75, 3.05) is 11.9 Å². The monoisotopic (exact) mass is 235 g/mol. The number of nitro groups is 1. The number of rotatable bonds is 3. The minimum Gasteiger partial charge on any atom is -0.374 e. The zero-order chi connectivity index (χ0) is 12.3. The third kappa shape index (κ3) is 2.72. The summed E-state index contributed by atoms with van der Waals surface area (Å²) in [6, 6.07) is 5.82. The van der Waals surface area contributed by atoms with Crippen molar-refractivity contribution in [1.82, 2.24) is 5.32 Å². The van der Waals surface area contributed by atoms with Gasteiger partial charge in [0.2, 0.25) is 5.91 Å². The molecule has 0 spiro atoms. The molecule has 2 rings (SSSR count). The summed E-state index contributed by atoms with van der Waals surface area (Å²) in [6.45, 7) is 0.720. The first-order chi connectivity index (χ1) is 8.16. The quantitative estimate of drug-likeness (QED) is 0.610. The van der Waals surface area contributed by atoms with Crippen LogP contribution in [0.2, 0.25) is 0 Å². The number of nitro benzene ring substituents is 1. The maximum atomic E-state index is 11.5. The molecule has 1 heterocycles. The van der Waals surface area contributed by atoms with Gasteiger partial charge in [0, 0.05) is 24.4 Å². The Balaban J connectivity index is 2.03. The van der Waals surface area contributed by atoms with Crippen molar-refractivity contribution in [2.24, 2.45) is 0 Å². The summed E-state index contributed by atoms with van der Waals surface area (Å²) in [5, 5.41) is 16.3. The lowest BCUT2D eigenvalue weighted by atomic mass is 10.1. The summed E-state index contributed by atoms with van der Waals surface area (Å²) in [7, 11) is 0. The highest BCUT2D eigenvalue weighted by Gasteiger charge is 2.21. The number of benzene rings is 1. The zero-order valence-electron chi connectivity index (χ0n) is 9.18. The predicted octanol–water partition coefficient (Wildman–Crippen LogP) is 1.29. The highest BCUT2D eigenvalue weighted by atomic mass is 16.6. The second kappa shape index (κ2) is 4.82. The summed E-state index contributed by atoms with van der Waals surface area (Å²) in [6.07, 6.45) is 1.72. The van der Waals surface area contributed by atoms with Gasteiger partial charge in [-0.15, -0.1) is 0 Å². The van der Waals surface area contributed by atoms with Crippen molar-refractivity contribution >= 4 is 17.3 Å². The van der Waals surface area contributed by atoms with Gasteiger partial charge in [-0.2, -0.15) is 0 Å². The van der Waals surface area contributed by atoms with Gasteiger partial charge in [0.05, 0.1) is 4.92 Å². The molecule has 1 unspecified atom stereocenters. The van der Waals surface area contributed by atoms with Gasteiger partial charge in [0.1, 0.15) is 6.04 Å². The van der Waals surface area contributed by atoms with Crippen LogP contribution in [0, 0.1) is 10.1 Å². The van der Waals surface area contributed by atoms with Gasteiger partial charge in [-0.05, 0) is 25.0 Å². The fourth-order valence-electron chi connectivity index (χ4n) is 1.79. The van der Waals surface area contributed by atoms with Gasteiger partial charge >= 0.3 is 0 Å². The van der Waals surface area contributed by atoms with E-state index >= 15 is 0 Å². The second-order valence-electron chi connectivity index (χ2n) is 3.93. The Bertz CT molecular complexity index is 430. The molecule has 0 aliphatic carbocycles. The van der Waals surface area contributed by atoms with Crippen LogP contribution < -0.4 is 10.6 Å². The number of hydrogen-bond acceptors (Lipinski definition) is 4. The van der Waals surface area contributed by atoms with Crippen LogP contribution in [0.5, 0.6) is 0 Å². The third-order valence-electron chi connectivity index (χ3n) is 2.70. The highest BCUT2D eigenvalue weighted by molar-refractivity contribution is 5.85. The van der Waals surface area contributed by atoms with E-state index in [2.05, 4.69) is 10.6 Å². The average molecular weight is 235 g/mol. The molecule has 1 aromatic rings. The molecule has 0 bridgehead atoms. The Kier molecular flexibility index (Phi) is 3.22. The number of anilines is 1. The molecule has 17 heavy (non-hydrogen) atoms. The molecule has 0 saturated carbocycles. The smallest absolute Gasteiger partial charge is 0.269 e. The van der Waals surface area contributed by atoms with Gasteiger partial charge in [0.15, 0.2) is 0 Å². The number of non-ortho nitro benzene ring substituents is 1. The largest absolute Gasteiger partial charge is 0.374 e. The molecular weight excluding hydrogens is 222 g/mol. The SMILES string of the molecule is O=C1NCCCC1Nc1ccc([N+](=O)[O-])cc1. The van der Waals surface area contributed by atoms with E-state index in [9.17, 15) is 14.9 Å². The summed E-state index contributed by atoms with van der Waals surface area (Å²) in [5.41, 5.74) is 0.765. The van der Waals surface area contributed by atoms with E-state index in [1.807, 2.05) is 0 Å². The number of carbonyl (C=O) groups is 1. The molecule has 0 radical (unpaired) electrons. The van der Waals surface area contributed by atoms with Gasteiger partial charge in [-0.1, -0.05) is 0 Å². The molecule has 0 aromatic heterocycles. The van der Waals surface area contributed by atoms with E-state index in [1.54, 1.807) is 12.1 Å². The highest BCUT2D eigenvalue weighted by Crippen LogP contribution is 2.17. The maximum absolute atomic E-state index is 11.5. The van der Waals surface area contributed by atoms with E-state index < -0.39 is 4.92 Å². The zero-order valence-corrected chi connectivity index (χ0v) is 9.18. The summed E-state index contributed by atoms with van der Waals surface area (Å²) < 4.78 is 0. The molecule has 1 amide bonds. The summed E-state index contributed by atoms with van der Waals surface area (Å²) in [5.74, 6) is -0.0189. The first-order valence-electron chi connectivity index (χ1n) is 5.45. The number of amides is 1. The summed E-state index contributed by atoms with van der Waals surface area (Å²) in [4.78, 5) is 21.5. The van der Waals surface area contributed by atoms with E-state index in [-0.39, 0.29) is 17.6 Å². The van der Waals surface area contributed by atoms with Gasteiger partial charge in [-0.25, -0.2) is 0 Å². The van der Waals surface area contributed by atoms with Crippen molar-refractivity contribution in [3.63, 3.8) is 0 Å². The third-order valence-corrected chi connectivity index (χ3v) is 2.70. The molecule has 1 aliphatic heterocycles. The minimum absolute atomic E-state index is 0.0189. The normalized spacial score (nSPS) is 19.5. The Labute approximate surface area is 98.2 Å². The Hall–Kier alpha value is -2.11. The van der Waals surface area contributed by atoms with Gasteiger partial charge in [-0.3, -0.25) is 14.9 Å². The standard InChI is InChI=1S/C11H13N3O3/c15-11-10(2-1-7-12-11)13-8-3-5-9(6-4-8)14(16)17/h3-6,10,13H,1-2,7H2,(H,12,15). The van der Waals surface area contributed by atoms with Crippen molar-refractivity contribution in [1.29, 1.82) is 0 Å². The van der Waals surface area contributed by atoms with Crippen LogP contribution in [0.25, 0.3) is 0 Å². The molecular formula is C11H13N3O3. The summed E-state index contributed by atoms with van der Waals surface area (Å²) >= 11 is 0. The molecule has 90 valence electrons. The van der Waals surface area contributed by atoms with Crippen LogP contribution in [-0.2, 0) is 4.79 Å². The molecule has 2 N–H and O–H groups in total. The van der Waals surface area contributed by atoms with Crippen LogP contribution in [0.1, 0.15) is 12.8 Å². The van der Waals surface area contributed by atoms with Gasteiger partial charge < -0.3 is 10.6 Å². The van der Waals surface area contributed by atoms with Crippen molar-refractivity contribution < 1.29 is 9.72 Å². The van der Waals surface area contributed by atoms with Crippen molar-refractivity contribution in [2.45, 2.75) is 18.9 Å². The Morgan fingerprint density at radius 3 is 2.65 bits per heavy atom. The van der Waals surface area contributed by atoms with Crippen molar-refractivity contribution in [3.8, 4) is 0 Å². The lowest BCUT2D eigenvalue weighted by molar-refractivity contribution is -0.384. The van der Waals surface area contributed by atoms with Crippen LogP contribution in [-0.4, -0.2) is 23.4 Å². The fraction of sp³-hybridized carbons (Fsp3) is 0.364. The fourth-order valence-corrected chi connectivity index (χ4v) is 1.79. The topological polar surface area (TPSA) is 84.3 Å². The Morgan fingerprint density at radius 2 is 2.06 bits per heavy atom. The van der Waals surface area contributed by atoms with Crippen molar-refractivity contribution in [3.05, 3.63) is 34.4 Å². The van der Waals surface area contributed by atoms with E-state index in [4.69, 9.17) is 0 Å². The molecule has 1 aromatic carbocycles. The lowest BCUT2D eigenvalue weighted by Crippen LogP contribution is -2.44. The number of nitrogens with zero attached hydrogens (tertiary/aromatic N) is 1. The van der Waals surface area contributed by atoms with Crippen LogP contribution in [0.4, 0.5) is 11.4 Å². The molecule has 1 saturated heterocycles. The number of hydrogen-bond donors (Lipinski definition) is 2. The minimum atomic E-state index is -0.447. The number of nitrogens with one attached hydrogen (secondary N) is 2. The lowest BCUT2D eigenvalue weighted by Gasteiger charge is -2.23. The van der Waals surface area contributed by atoms with Crippen LogP contribution in [0.3, 0.4) is 0 Å². The molecule has 1 fully saturated rings. The first kappa shape index (κ1) is 11.4. The van der Waals surface area contributed by atoms with Crippen LogP contribution >= 0.6 is 0 Å². The first-order valence-corrected chi connectivity index (χ1v) is 5.45. The number of carbonyl (C=O) groups excluding carboxylic acids is 1. The molecule has 6 heteroatoms. The number of piperidine rings is 1.